The lowest BCUT2D eigenvalue weighted by atomic mass is 9.95. The normalized spacial score (nSPS) is 16.8. The Morgan fingerprint density at radius 3 is 3.14 bits per heavy atom. The third kappa shape index (κ3) is 4.77. The second-order valence-corrected chi connectivity index (χ2v) is 7.89. The third-order valence-corrected chi connectivity index (χ3v) is 5.66. The number of pyridine rings is 2. The Hall–Kier alpha value is -2.42. The first-order valence-electron chi connectivity index (χ1n) is 9.96. The molecule has 1 aliphatic heterocycles. The van der Waals surface area contributed by atoms with Gasteiger partial charge in [0.25, 0.3) is 0 Å². The van der Waals surface area contributed by atoms with E-state index in [0.29, 0.717) is 18.9 Å². The van der Waals surface area contributed by atoms with Crippen LogP contribution in [-0.2, 0) is 4.79 Å². The molecule has 8 heteroatoms. The maximum atomic E-state index is 12.1. The van der Waals surface area contributed by atoms with Crippen LogP contribution in [0.2, 0.25) is 0 Å². The van der Waals surface area contributed by atoms with Crippen LogP contribution in [0.5, 0.6) is 0 Å². The molecule has 3 aromatic rings. The minimum absolute atomic E-state index is 0.0121. The van der Waals surface area contributed by atoms with Crippen molar-refractivity contribution >= 4 is 29.1 Å². The van der Waals surface area contributed by atoms with E-state index in [1.807, 2.05) is 41.4 Å². The van der Waals surface area contributed by atoms with E-state index in [1.54, 1.807) is 0 Å². The van der Waals surface area contributed by atoms with Gasteiger partial charge in [0, 0.05) is 48.6 Å². The molecule has 29 heavy (non-hydrogen) atoms. The van der Waals surface area contributed by atoms with Crippen LogP contribution in [-0.4, -0.2) is 46.4 Å². The number of piperidine rings is 1. The fourth-order valence-corrected chi connectivity index (χ4v) is 3.99. The average Bonchev–Trinajstić information content (AvgIpc) is 3.18. The van der Waals surface area contributed by atoms with Gasteiger partial charge in [0.1, 0.15) is 0 Å². The Morgan fingerprint density at radius 1 is 1.38 bits per heavy atom. The van der Waals surface area contributed by atoms with Crippen molar-refractivity contribution in [2.24, 2.45) is 0 Å². The number of carbonyl (C=O) groups excluding carboxylic acids is 1. The molecule has 1 atom stereocenters. The molecule has 0 radical (unpaired) electrons. The Morgan fingerprint density at radius 2 is 2.31 bits per heavy atom. The van der Waals surface area contributed by atoms with E-state index in [-0.39, 0.29) is 5.91 Å². The van der Waals surface area contributed by atoms with E-state index in [9.17, 15) is 4.79 Å². The number of rotatable bonds is 7. The fraction of sp³-hybridized carbons (Fsp3) is 0.381. The second-order valence-electron chi connectivity index (χ2n) is 7.19. The second kappa shape index (κ2) is 9.39. The topological polar surface area (TPSA) is 83.4 Å². The molecule has 4 heterocycles. The monoisotopic (exact) mass is 410 g/mol. The van der Waals surface area contributed by atoms with Crippen LogP contribution in [0, 0.1) is 0 Å². The van der Waals surface area contributed by atoms with E-state index < -0.39 is 0 Å². The van der Waals surface area contributed by atoms with E-state index in [0.717, 1.165) is 41.2 Å². The first-order chi connectivity index (χ1) is 14.2. The van der Waals surface area contributed by atoms with Gasteiger partial charge in [0.2, 0.25) is 5.91 Å². The smallest absolute Gasteiger partial charge is 0.225 e. The largest absolute Gasteiger partial charge is 0.326 e. The van der Waals surface area contributed by atoms with Gasteiger partial charge < -0.3 is 10.6 Å². The van der Waals surface area contributed by atoms with Crippen LogP contribution in [0.25, 0.3) is 16.8 Å². The van der Waals surface area contributed by atoms with Crippen molar-refractivity contribution in [2.75, 3.05) is 31.2 Å². The van der Waals surface area contributed by atoms with Gasteiger partial charge in [-0.05, 0) is 49.9 Å². The molecular formula is C21H26N6OS. The lowest BCUT2D eigenvalue weighted by molar-refractivity contribution is -0.116. The first kappa shape index (κ1) is 19.9. The Kier molecular flexibility index (Phi) is 6.43. The van der Waals surface area contributed by atoms with Crippen LogP contribution in [0.15, 0.2) is 42.7 Å². The molecule has 1 unspecified atom stereocenters. The number of anilines is 1. The summed E-state index contributed by atoms with van der Waals surface area (Å²) in [5.74, 6) is 0.442. The molecule has 1 aliphatic rings. The zero-order valence-corrected chi connectivity index (χ0v) is 17.3. The standard InChI is InChI=1S/C21H26N6OS/c1-29-24-10-7-21(28)25-16-8-11-27-20(12-16)17(14-23-27)19-6-2-5-18(26-19)15-4-3-9-22-13-15/h2,5-6,8,11-12,14-15,22,24H,3-4,7,9-10,13H2,1H3,(H,25,28). The number of hydrogen-bond donors (Lipinski definition) is 3. The summed E-state index contributed by atoms with van der Waals surface area (Å²) >= 11 is 1.51. The van der Waals surface area contributed by atoms with Crippen molar-refractivity contribution in [2.45, 2.75) is 25.2 Å². The summed E-state index contributed by atoms with van der Waals surface area (Å²) in [5.41, 5.74) is 4.70. The predicted octanol–water partition coefficient (Wildman–Crippen LogP) is 3.06. The number of aromatic nitrogens is 3. The molecule has 0 bridgehead atoms. The predicted molar refractivity (Wildman–Crippen MR) is 118 cm³/mol. The molecule has 0 aliphatic carbocycles. The summed E-state index contributed by atoms with van der Waals surface area (Å²) in [6.45, 7) is 2.71. The van der Waals surface area contributed by atoms with E-state index in [1.165, 1.54) is 24.8 Å². The van der Waals surface area contributed by atoms with Gasteiger partial charge in [-0.3, -0.25) is 14.5 Å². The zero-order chi connectivity index (χ0) is 20.1. The van der Waals surface area contributed by atoms with Gasteiger partial charge in [-0.25, -0.2) is 4.52 Å². The quantitative estimate of drug-likeness (QED) is 0.410. The maximum Gasteiger partial charge on any atom is 0.225 e. The molecule has 1 fully saturated rings. The summed E-state index contributed by atoms with van der Waals surface area (Å²) < 4.78 is 4.90. The van der Waals surface area contributed by atoms with Crippen molar-refractivity contribution < 1.29 is 4.79 Å². The highest BCUT2D eigenvalue weighted by molar-refractivity contribution is 7.96. The lowest BCUT2D eigenvalue weighted by Gasteiger charge is -2.22. The summed E-state index contributed by atoms with van der Waals surface area (Å²) in [6.07, 6.45) is 8.43. The van der Waals surface area contributed by atoms with Crippen molar-refractivity contribution in [3.8, 4) is 11.3 Å². The number of nitrogens with one attached hydrogen (secondary N) is 3. The Balaban J connectivity index is 1.57. The summed E-state index contributed by atoms with van der Waals surface area (Å²) in [7, 11) is 0. The van der Waals surface area contributed by atoms with E-state index in [2.05, 4.69) is 32.6 Å². The van der Waals surface area contributed by atoms with Gasteiger partial charge in [0.05, 0.1) is 17.4 Å². The lowest BCUT2D eigenvalue weighted by Crippen LogP contribution is -2.28. The summed E-state index contributed by atoms with van der Waals surface area (Å²) in [4.78, 5) is 17.1. The SMILES string of the molecule is CSNCCC(=O)Nc1ccn2ncc(-c3cccc(C4CCCNC4)n3)c2c1. The van der Waals surface area contributed by atoms with E-state index in [4.69, 9.17) is 4.98 Å². The van der Waals surface area contributed by atoms with Crippen molar-refractivity contribution in [3.05, 3.63) is 48.4 Å². The number of amides is 1. The molecule has 1 amide bonds. The number of nitrogens with zero attached hydrogens (tertiary/aromatic N) is 3. The molecule has 0 saturated carbocycles. The first-order valence-corrected chi connectivity index (χ1v) is 11.2. The van der Waals surface area contributed by atoms with Crippen molar-refractivity contribution in [1.29, 1.82) is 0 Å². The van der Waals surface area contributed by atoms with Crippen LogP contribution in [0.4, 0.5) is 5.69 Å². The molecule has 3 aromatic heterocycles. The van der Waals surface area contributed by atoms with Gasteiger partial charge in [0.15, 0.2) is 0 Å². The zero-order valence-electron chi connectivity index (χ0n) is 16.5. The molecule has 152 valence electrons. The third-order valence-electron chi connectivity index (χ3n) is 5.17. The fourth-order valence-electron chi connectivity index (χ4n) is 3.68. The average molecular weight is 411 g/mol. The maximum absolute atomic E-state index is 12.1. The minimum atomic E-state index is -0.0121. The van der Waals surface area contributed by atoms with Gasteiger partial charge in [-0.15, -0.1) is 0 Å². The van der Waals surface area contributed by atoms with Crippen LogP contribution in [0.3, 0.4) is 0 Å². The van der Waals surface area contributed by atoms with Gasteiger partial charge >= 0.3 is 0 Å². The molecule has 7 nitrogen and oxygen atoms in total. The molecule has 1 saturated heterocycles. The molecule has 4 rings (SSSR count). The highest BCUT2D eigenvalue weighted by Gasteiger charge is 2.18. The molecule has 3 N–H and O–H groups in total. The Labute approximate surface area is 174 Å². The van der Waals surface area contributed by atoms with Crippen molar-refractivity contribution in [1.82, 2.24) is 24.6 Å². The number of hydrogen-bond acceptors (Lipinski definition) is 6. The molecule has 0 spiro atoms. The van der Waals surface area contributed by atoms with Crippen LogP contribution in [0.1, 0.15) is 30.9 Å². The number of fused-ring (bicyclic) bond motifs is 1. The minimum Gasteiger partial charge on any atom is -0.326 e. The molecule has 0 aromatic carbocycles. The molecular weight excluding hydrogens is 384 g/mol. The summed E-state index contributed by atoms with van der Waals surface area (Å²) in [5, 5.41) is 10.9. The van der Waals surface area contributed by atoms with Crippen molar-refractivity contribution in [3.63, 3.8) is 0 Å². The van der Waals surface area contributed by atoms with Crippen LogP contribution >= 0.6 is 11.9 Å². The van der Waals surface area contributed by atoms with E-state index >= 15 is 0 Å². The van der Waals surface area contributed by atoms with Gasteiger partial charge in [-0.2, -0.15) is 5.10 Å². The summed E-state index contributed by atoms with van der Waals surface area (Å²) in [6, 6.07) is 10.0. The highest BCUT2D eigenvalue weighted by Crippen LogP contribution is 2.28. The van der Waals surface area contributed by atoms with Gasteiger partial charge in [-0.1, -0.05) is 18.0 Å². The number of carbonyl (C=O) groups is 1. The Bertz CT molecular complexity index is 982. The van der Waals surface area contributed by atoms with Crippen LogP contribution < -0.4 is 15.4 Å². The highest BCUT2D eigenvalue weighted by atomic mass is 32.2.